The van der Waals surface area contributed by atoms with Gasteiger partial charge in [0.25, 0.3) is 5.91 Å². The van der Waals surface area contributed by atoms with E-state index >= 15 is 0 Å². The van der Waals surface area contributed by atoms with Gasteiger partial charge in [0.2, 0.25) is 10.0 Å². The average molecular weight is 507 g/mol. The summed E-state index contributed by atoms with van der Waals surface area (Å²) in [4.78, 5) is 14.8. The predicted molar refractivity (Wildman–Crippen MR) is 121 cm³/mol. The number of sulfonamides is 1. The summed E-state index contributed by atoms with van der Waals surface area (Å²) in [5, 5.41) is 9.77. The smallest absolute Gasteiger partial charge is 0.274 e. The summed E-state index contributed by atoms with van der Waals surface area (Å²) in [5.41, 5.74) is 2.61. The number of amides is 1. The third-order valence-electron chi connectivity index (χ3n) is 4.78. The van der Waals surface area contributed by atoms with Gasteiger partial charge in [0.15, 0.2) is 5.69 Å². The molecule has 1 aliphatic heterocycles. The van der Waals surface area contributed by atoms with E-state index in [1.165, 1.54) is 12.1 Å². The Hall–Kier alpha value is -2.14. The summed E-state index contributed by atoms with van der Waals surface area (Å²) in [6.07, 6.45) is 0. The average Bonchev–Trinajstić information content (AvgIpc) is 3.19. The van der Waals surface area contributed by atoms with E-state index in [-0.39, 0.29) is 10.8 Å². The number of rotatable bonds is 4. The Labute approximate surface area is 187 Å². The largest absolute Gasteiger partial charge is 0.336 e. The molecule has 2 N–H and O–H groups in total. The summed E-state index contributed by atoms with van der Waals surface area (Å²) in [6, 6.07) is 15.6. The predicted octanol–water partition coefficient (Wildman–Crippen LogP) is 3.14. The number of hydrogen-bond acceptors (Lipinski definition) is 5. The highest BCUT2D eigenvalue weighted by Crippen LogP contribution is 2.27. The first-order valence-electron chi connectivity index (χ1n) is 9.19. The number of halogens is 1. The highest BCUT2D eigenvalue weighted by atomic mass is 79.9. The number of benzene rings is 2. The molecule has 1 aliphatic rings. The van der Waals surface area contributed by atoms with Crippen LogP contribution in [0.4, 0.5) is 0 Å². The van der Waals surface area contributed by atoms with Crippen molar-refractivity contribution in [1.29, 1.82) is 0 Å². The third kappa shape index (κ3) is 4.46. The molecule has 0 atom stereocenters. The highest BCUT2D eigenvalue weighted by molar-refractivity contribution is 9.10. The van der Waals surface area contributed by atoms with Gasteiger partial charge in [-0.15, -0.1) is 0 Å². The van der Waals surface area contributed by atoms with Crippen LogP contribution in [0.15, 0.2) is 64.0 Å². The maximum absolute atomic E-state index is 13.0. The number of nitrogens with two attached hydrogens (primary N) is 1. The van der Waals surface area contributed by atoms with Gasteiger partial charge in [-0.25, -0.2) is 18.2 Å². The van der Waals surface area contributed by atoms with Crippen molar-refractivity contribution in [2.75, 3.05) is 24.6 Å². The van der Waals surface area contributed by atoms with Crippen LogP contribution >= 0.6 is 27.7 Å². The first-order chi connectivity index (χ1) is 14.3. The van der Waals surface area contributed by atoms with Gasteiger partial charge in [-0.2, -0.15) is 16.9 Å². The molecule has 0 radical (unpaired) electrons. The highest BCUT2D eigenvalue weighted by Gasteiger charge is 2.23. The summed E-state index contributed by atoms with van der Waals surface area (Å²) >= 11 is 5.27. The number of nitrogens with zero attached hydrogens (tertiary/aromatic N) is 3. The molecule has 3 aromatic rings. The number of carbonyl (C=O) groups is 1. The zero-order valence-electron chi connectivity index (χ0n) is 15.9. The Morgan fingerprint density at radius 3 is 2.27 bits per heavy atom. The maximum atomic E-state index is 13.0. The van der Waals surface area contributed by atoms with E-state index in [0.29, 0.717) is 24.5 Å². The second-order valence-corrected chi connectivity index (χ2v) is 10.5. The van der Waals surface area contributed by atoms with E-state index in [1.54, 1.807) is 22.9 Å². The van der Waals surface area contributed by atoms with E-state index < -0.39 is 10.0 Å². The SMILES string of the molecule is NS(=O)(=O)c1ccc(-n2nc(C(=O)N3CCSCC3)cc2-c2ccc(Br)cc2)cc1. The molecule has 7 nitrogen and oxygen atoms in total. The number of primary sulfonamides is 1. The Morgan fingerprint density at radius 2 is 1.67 bits per heavy atom. The van der Waals surface area contributed by atoms with E-state index in [9.17, 15) is 13.2 Å². The summed E-state index contributed by atoms with van der Waals surface area (Å²) < 4.78 is 25.7. The summed E-state index contributed by atoms with van der Waals surface area (Å²) in [7, 11) is -3.79. The van der Waals surface area contributed by atoms with Crippen LogP contribution < -0.4 is 5.14 Å². The number of carbonyl (C=O) groups excluding carboxylic acids is 1. The minimum absolute atomic E-state index is 0.0192. The summed E-state index contributed by atoms with van der Waals surface area (Å²) in [6.45, 7) is 1.40. The van der Waals surface area contributed by atoms with Crippen molar-refractivity contribution in [3.63, 3.8) is 0 Å². The number of aromatic nitrogens is 2. The maximum Gasteiger partial charge on any atom is 0.274 e. The van der Waals surface area contributed by atoms with Gasteiger partial charge in [0.05, 0.1) is 16.3 Å². The minimum Gasteiger partial charge on any atom is -0.336 e. The van der Waals surface area contributed by atoms with Crippen LogP contribution in [0.2, 0.25) is 0 Å². The van der Waals surface area contributed by atoms with Crippen molar-refractivity contribution in [2.24, 2.45) is 5.14 Å². The fraction of sp³-hybridized carbons (Fsp3) is 0.200. The Balaban J connectivity index is 1.78. The van der Waals surface area contributed by atoms with Gasteiger partial charge in [-0.05, 0) is 42.5 Å². The molecule has 30 heavy (non-hydrogen) atoms. The third-order valence-corrected chi connectivity index (χ3v) is 7.18. The van der Waals surface area contributed by atoms with Crippen molar-refractivity contribution in [3.05, 3.63) is 64.8 Å². The lowest BCUT2D eigenvalue weighted by molar-refractivity contribution is 0.0766. The normalized spacial score (nSPS) is 14.7. The van der Waals surface area contributed by atoms with Gasteiger partial charge in [0, 0.05) is 34.6 Å². The monoisotopic (exact) mass is 506 g/mol. The molecule has 1 fully saturated rings. The second-order valence-electron chi connectivity index (χ2n) is 6.78. The van der Waals surface area contributed by atoms with Crippen molar-refractivity contribution in [2.45, 2.75) is 4.90 Å². The minimum atomic E-state index is -3.79. The molecule has 0 bridgehead atoms. The molecule has 2 heterocycles. The topological polar surface area (TPSA) is 98.3 Å². The van der Waals surface area contributed by atoms with Crippen LogP contribution in [0, 0.1) is 0 Å². The fourth-order valence-electron chi connectivity index (χ4n) is 3.21. The molecule has 2 aromatic carbocycles. The summed E-state index contributed by atoms with van der Waals surface area (Å²) in [5.74, 6) is 1.73. The van der Waals surface area contributed by atoms with E-state index in [4.69, 9.17) is 5.14 Å². The quantitative estimate of drug-likeness (QED) is 0.585. The van der Waals surface area contributed by atoms with Gasteiger partial charge in [-0.3, -0.25) is 4.79 Å². The second kappa shape index (κ2) is 8.54. The van der Waals surface area contributed by atoms with Crippen LogP contribution in [-0.2, 0) is 10.0 Å². The molecule has 1 aromatic heterocycles. The van der Waals surface area contributed by atoms with Crippen molar-refractivity contribution in [3.8, 4) is 16.9 Å². The van der Waals surface area contributed by atoms with Crippen molar-refractivity contribution < 1.29 is 13.2 Å². The zero-order valence-corrected chi connectivity index (χ0v) is 19.1. The molecule has 4 rings (SSSR count). The van der Waals surface area contributed by atoms with E-state index in [0.717, 1.165) is 27.2 Å². The molecule has 0 saturated carbocycles. The van der Waals surface area contributed by atoms with Crippen LogP contribution in [0.1, 0.15) is 10.5 Å². The van der Waals surface area contributed by atoms with Gasteiger partial charge in [0.1, 0.15) is 0 Å². The molecule has 0 unspecified atom stereocenters. The Morgan fingerprint density at radius 1 is 1.03 bits per heavy atom. The lowest BCUT2D eigenvalue weighted by Crippen LogP contribution is -2.38. The lowest BCUT2D eigenvalue weighted by Gasteiger charge is -2.25. The van der Waals surface area contributed by atoms with Gasteiger partial charge >= 0.3 is 0 Å². The Kier molecular flexibility index (Phi) is 6.01. The zero-order chi connectivity index (χ0) is 21.3. The first kappa shape index (κ1) is 21.1. The van der Waals surface area contributed by atoms with E-state index in [2.05, 4.69) is 21.0 Å². The van der Waals surface area contributed by atoms with Crippen LogP contribution in [-0.4, -0.2) is 53.6 Å². The molecular formula is C20H19BrN4O3S2. The molecule has 1 amide bonds. The number of hydrogen-bond donors (Lipinski definition) is 1. The standard InChI is InChI=1S/C20H19BrN4O3S2/c21-15-3-1-14(2-4-15)19-13-18(20(26)24-9-11-29-12-10-24)23-25(19)16-5-7-17(8-6-16)30(22,27)28/h1-8,13H,9-12H2,(H2,22,27,28). The first-order valence-corrected chi connectivity index (χ1v) is 12.7. The molecule has 0 aliphatic carbocycles. The fourth-order valence-corrected chi connectivity index (χ4v) is 4.90. The number of thioether (sulfide) groups is 1. The van der Waals surface area contributed by atoms with E-state index in [1.807, 2.05) is 40.9 Å². The molecular weight excluding hydrogens is 488 g/mol. The molecule has 156 valence electrons. The molecule has 1 saturated heterocycles. The van der Waals surface area contributed by atoms with Crippen molar-refractivity contribution >= 4 is 43.6 Å². The van der Waals surface area contributed by atoms with Crippen LogP contribution in [0.5, 0.6) is 0 Å². The molecule has 0 spiro atoms. The molecule has 10 heteroatoms. The Bertz CT molecular complexity index is 1170. The van der Waals surface area contributed by atoms with Crippen molar-refractivity contribution in [1.82, 2.24) is 14.7 Å². The van der Waals surface area contributed by atoms with Crippen LogP contribution in [0.25, 0.3) is 16.9 Å². The van der Waals surface area contributed by atoms with Gasteiger partial charge < -0.3 is 4.90 Å². The van der Waals surface area contributed by atoms with Gasteiger partial charge in [-0.1, -0.05) is 28.1 Å². The lowest BCUT2D eigenvalue weighted by atomic mass is 10.1. The van der Waals surface area contributed by atoms with Crippen LogP contribution in [0.3, 0.4) is 0 Å².